The van der Waals surface area contributed by atoms with E-state index in [1.54, 1.807) is 0 Å². The van der Waals surface area contributed by atoms with E-state index in [1.807, 2.05) is 18.7 Å². The number of benzene rings is 1. The van der Waals surface area contributed by atoms with Gasteiger partial charge in [0.05, 0.1) is 12.6 Å². The molecule has 0 N–H and O–H groups in total. The van der Waals surface area contributed by atoms with Crippen LogP contribution in [0.5, 0.6) is 0 Å². The minimum atomic E-state index is 0.913. The number of nitrogens with zero attached hydrogens (tertiary/aromatic N) is 3. The van der Waals surface area contributed by atoms with Gasteiger partial charge >= 0.3 is 0 Å². The summed E-state index contributed by atoms with van der Waals surface area (Å²) in [7, 11) is 2.09. The quantitative estimate of drug-likeness (QED) is 0.668. The van der Waals surface area contributed by atoms with Crippen LogP contribution in [0.2, 0.25) is 0 Å². The summed E-state index contributed by atoms with van der Waals surface area (Å²) < 4.78 is 2.16. The Hall–Kier alpha value is -2.81. The SMILES string of the molecule is Cc1cc(C)c(C)c(-c2c3c(nc[n+]2C)C(c2ccncc2)=CC3)c1. The van der Waals surface area contributed by atoms with Crippen LogP contribution in [0.25, 0.3) is 16.8 Å². The second-order valence-electron chi connectivity index (χ2n) is 6.84. The van der Waals surface area contributed by atoms with Crippen molar-refractivity contribution in [1.29, 1.82) is 0 Å². The standard InChI is InChI=1S/C22H22N3/c1-14-11-15(2)16(3)20(12-14)22-19-6-5-18(17-7-9-23-10-8-17)21(19)24-13-25(22)4/h5,7-13H,6H2,1-4H3/q+1. The highest BCUT2D eigenvalue weighted by atomic mass is 15.0. The zero-order valence-corrected chi connectivity index (χ0v) is 15.2. The fourth-order valence-electron chi connectivity index (χ4n) is 3.76. The second-order valence-corrected chi connectivity index (χ2v) is 6.84. The van der Waals surface area contributed by atoms with Crippen LogP contribution in [-0.4, -0.2) is 9.97 Å². The van der Waals surface area contributed by atoms with Gasteiger partial charge in [0.2, 0.25) is 0 Å². The van der Waals surface area contributed by atoms with E-state index >= 15 is 0 Å². The molecule has 3 aromatic rings. The van der Waals surface area contributed by atoms with Crippen molar-refractivity contribution in [3.05, 3.63) is 82.6 Å². The van der Waals surface area contributed by atoms with Gasteiger partial charge in [-0.25, -0.2) is 4.57 Å². The number of hydrogen-bond donors (Lipinski definition) is 0. The fourth-order valence-corrected chi connectivity index (χ4v) is 3.76. The summed E-state index contributed by atoms with van der Waals surface area (Å²) in [4.78, 5) is 8.88. The maximum atomic E-state index is 4.75. The molecule has 3 nitrogen and oxygen atoms in total. The third-order valence-electron chi connectivity index (χ3n) is 5.11. The third kappa shape index (κ3) is 2.56. The molecule has 1 aliphatic carbocycles. The molecular formula is C22H22N3+. The molecule has 0 aliphatic heterocycles. The molecule has 0 unspecified atom stereocenters. The van der Waals surface area contributed by atoms with Crippen LogP contribution < -0.4 is 4.57 Å². The number of allylic oxidation sites excluding steroid dienone is 1. The second kappa shape index (κ2) is 5.92. The Bertz CT molecular complexity index is 1000. The van der Waals surface area contributed by atoms with E-state index in [4.69, 9.17) is 4.98 Å². The summed E-state index contributed by atoms with van der Waals surface area (Å²) in [6, 6.07) is 8.65. The molecule has 0 amide bonds. The molecule has 2 heterocycles. The summed E-state index contributed by atoms with van der Waals surface area (Å²) in [5.41, 5.74) is 11.3. The lowest BCUT2D eigenvalue weighted by Crippen LogP contribution is -2.33. The summed E-state index contributed by atoms with van der Waals surface area (Å²) in [5.74, 6) is 0. The first-order valence-corrected chi connectivity index (χ1v) is 8.63. The number of fused-ring (bicyclic) bond motifs is 1. The van der Waals surface area contributed by atoms with E-state index in [-0.39, 0.29) is 0 Å². The minimum Gasteiger partial charge on any atom is -0.265 e. The van der Waals surface area contributed by atoms with Gasteiger partial charge in [-0.05, 0) is 60.6 Å². The summed E-state index contributed by atoms with van der Waals surface area (Å²) >= 11 is 0. The van der Waals surface area contributed by atoms with Gasteiger partial charge in [0.1, 0.15) is 5.69 Å². The van der Waals surface area contributed by atoms with Gasteiger partial charge < -0.3 is 0 Å². The van der Waals surface area contributed by atoms with Crippen LogP contribution in [0.15, 0.2) is 49.1 Å². The lowest BCUT2D eigenvalue weighted by molar-refractivity contribution is -0.663. The van der Waals surface area contributed by atoms with Gasteiger partial charge in [0, 0.05) is 30.0 Å². The van der Waals surface area contributed by atoms with Crippen LogP contribution in [0.4, 0.5) is 0 Å². The van der Waals surface area contributed by atoms with Gasteiger partial charge in [0.15, 0.2) is 5.69 Å². The molecule has 2 aromatic heterocycles. The largest absolute Gasteiger partial charge is 0.287 e. The third-order valence-corrected chi connectivity index (χ3v) is 5.11. The number of rotatable bonds is 2. The van der Waals surface area contributed by atoms with Crippen LogP contribution in [-0.2, 0) is 13.5 Å². The number of aromatic nitrogens is 3. The van der Waals surface area contributed by atoms with E-state index < -0.39 is 0 Å². The van der Waals surface area contributed by atoms with Crippen molar-refractivity contribution in [2.24, 2.45) is 7.05 Å². The molecule has 3 heteroatoms. The van der Waals surface area contributed by atoms with Gasteiger partial charge in [-0.1, -0.05) is 17.7 Å². The van der Waals surface area contributed by atoms with Gasteiger partial charge in [-0.2, -0.15) is 0 Å². The molecule has 124 valence electrons. The van der Waals surface area contributed by atoms with Crippen molar-refractivity contribution in [2.75, 3.05) is 0 Å². The predicted molar refractivity (Wildman–Crippen MR) is 100 cm³/mol. The maximum Gasteiger partial charge on any atom is 0.287 e. The summed E-state index contributed by atoms with van der Waals surface area (Å²) in [5, 5.41) is 0. The van der Waals surface area contributed by atoms with E-state index in [0.29, 0.717) is 0 Å². The van der Waals surface area contributed by atoms with Gasteiger partial charge in [-0.15, -0.1) is 0 Å². The molecule has 4 rings (SSSR count). The number of aryl methyl sites for hydroxylation is 3. The van der Waals surface area contributed by atoms with Gasteiger partial charge in [-0.3, -0.25) is 4.98 Å². The monoisotopic (exact) mass is 328 g/mol. The Balaban J connectivity index is 1.93. The maximum absolute atomic E-state index is 4.75. The van der Waals surface area contributed by atoms with Crippen molar-refractivity contribution in [2.45, 2.75) is 27.2 Å². The van der Waals surface area contributed by atoms with Crippen molar-refractivity contribution in [1.82, 2.24) is 9.97 Å². The topological polar surface area (TPSA) is 29.7 Å². The molecule has 1 aromatic carbocycles. The molecule has 0 bridgehead atoms. The molecule has 0 saturated heterocycles. The van der Waals surface area contributed by atoms with E-state index in [0.717, 1.165) is 12.1 Å². The molecule has 0 spiro atoms. The molecule has 0 atom stereocenters. The van der Waals surface area contributed by atoms with Crippen LogP contribution in [0.1, 0.15) is 33.5 Å². The smallest absolute Gasteiger partial charge is 0.265 e. The Morgan fingerprint density at radius 1 is 1.04 bits per heavy atom. The zero-order chi connectivity index (χ0) is 17.6. The Morgan fingerprint density at radius 3 is 2.56 bits per heavy atom. The average Bonchev–Trinajstić information content (AvgIpc) is 3.03. The highest BCUT2D eigenvalue weighted by Crippen LogP contribution is 2.36. The predicted octanol–water partition coefficient (Wildman–Crippen LogP) is 3.88. The Morgan fingerprint density at radius 2 is 1.80 bits per heavy atom. The molecule has 0 radical (unpaired) electrons. The zero-order valence-electron chi connectivity index (χ0n) is 15.2. The van der Waals surface area contributed by atoms with Crippen molar-refractivity contribution in [3.63, 3.8) is 0 Å². The highest BCUT2D eigenvalue weighted by Gasteiger charge is 2.29. The average molecular weight is 328 g/mol. The van der Waals surface area contributed by atoms with Crippen molar-refractivity contribution < 1.29 is 4.57 Å². The minimum absolute atomic E-state index is 0.913. The Labute approximate surface area is 148 Å². The lowest BCUT2D eigenvalue weighted by atomic mass is 9.94. The van der Waals surface area contributed by atoms with Crippen LogP contribution in [0.3, 0.4) is 0 Å². The lowest BCUT2D eigenvalue weighted by Gasteiger charge is -2.13. The van der Waals surface area contributed by atoms with Crippen LogP contribution in [0, 0.1) is 20.8 Å². The molecule has 25 heavy (non-hydrogen) atoms. The number of hydrogen-bond acceptors (Lipinski definition) is 2. The summed E-state index contributed by atoms with van der Waals surface area (Å²) in [6.45, 7) is 6.56. The van der Waals surface area contributed by atoms with Gasteiger partial charge in [0.25, 0.3) is 6.33 Å². The normalized spacial score (nSPS) is 12.9. The van der Waals surface area contributed by atoms with Crippen molar-refractivity contribution >= 4 is 5.57 Å². The van der Waals surface area contributed by atoms with Crippen molar-refractivity contribution in [3.8, 4) is 11.3 Å². The first-order valence-electron chi connectivity index (χ1n) is 8.63. The first-order chi connectivity index (χ1) is 12.1. The highest BCUT2D eigenvalue weighted by molar-refractivity contribution is 5.85. The van der Waals surface area contributed by atoms with E-state index in [2.05, 4.69) is 67.7 Å². The van der Waals surface area contributed by atoms with E-state index in [1.165, 1.54) is 44.6 Å². The summed E-state index contributed by atoms with van der Waals surface area (Å²) in [6.07, 6.45) is 8.81. The molecular weight excluding hydrogens is 306 g/mol. The van der Waals surface area contributed by atoms with E-state index in [9.17, 15) is 0 Å². The van der Waals surface area contributed by atoms with Crippen LogP contribution >= 0.6 is 0 Å². The first kappa shape index (κ1) is 15.7. The Kier molecular flexibility index (Phi) is 3.72. The molecule has 0 fully saturated rings. The fraction of sp³-hybridized carbons (Fsp3) is 0.227. The molecule has 1 aliphatic rings. The number of pyridine rings is 1. The molecule has 0 saturated carbocycles.